The van der Waals surface area contributed by atoms with Gasteiger partial charge in [-0.05, 0) is 42.3 Å². The molecule has 3 rings (SSSR count). The fraction of sp³-hybridized carbons (Fsp3) is 0.364. The van der Waals surface area contributed by atoms with Crippen molar-refractivity contribution < 1.29 is 35.5 Å². The molecule has 190 valence electrons. The fourth-order valence-electron chi connectivity index (χ4n) is 3.42. The summed E-state index contributed by atoms with van der Waals surface area (Å²) in [5.74, 6) is -1.26. The first-order valence-electron chi connectivity index (χ1n) is 10.5. The molecule has 35 heavy (non-hydrogen) atoms. The van der Waals surface area contributed by atoms with Crippen molar-refractivity contribution >= 4 is 33.5 Å². The summed E-state index contributed by atoms with van der Waals surface area (Å²) < 4.78 is 83.9. The van der Waals surface area contributed by atoms with E-state index in [-0.39, 0.29) is 18.1 Å². The Kier molecular flexibility index (Phi) is 8.00. The van der Waals surface area contributed by atoms with E-state index in [9.17, 15) is 30.8 Å². The van der Waals surface area contributed by atoms with Gasteiger partial charge in [0.05, 0.1) is 25.2 Å². The minimum atomic E-state index is -4.61. The molecule has 13 heteroatoms. The van der Waals surface area contributed by atoms with Crippen LogP contribution in [0, 0.1) is 12.7 Å². The van der Waals surface area contributed by atoms with Gasteiger partial charge in [0.25, 0.3) is 0 Å². The first kappa shape index (κ1) is 26.4. The quantitative estimate of drug-likeness (QED) is 0.434. The molecule has 2 heterocycles. The highest BCUT2D eigenvalue weighted by Crippen LogP contribution is 2.31. The number of rotatable bonds is 7. The molecular weight excluding hydrogens is 492 g/mol. The number of halogens is 4. The van der Waals surface area contributed by atoms with Crippen molar-refractivity contribution in [1.29, 1.82) is 0 Å². The van der Waals surface area contributed by atoms with Crippen LogP contribution in [0.4, 0.5) is 29.1 Å². The van der Waals surface area contributed by atoms with Crippen molar-refractivity contribution in [1.82, 2.24) is 10.3 Å². The highest BCUT2D eigenvalue weighted by molar-refractivity contribution is 7.92. The molecule has 0 atom stereocenters. The van der Waals surface area contributed by atoms with Crippen molar-refractivity contribution in [3.8, 4) is 0 Å². The lowest BCUT2D eigenvalue weighted by atomic mass is 10.1. The number of anilines is 2. The van der Waals surface area contributed by atoms with Crippen LogP contribution in [0.3, 0.4) is 0 Å². The van der Waals surface area contributed by atoms with Gasteiger partial charge in [-0.15, -0.1) is 0 Å². The topological polar surface area (TPSA) is 101 Å². The number of pyridine rings is 1. The van der Waals surface area contributed by atoms with Crippen molar-refractivity contribution in [2.45, 2.75) is 19.6 Å². The highest BCUT2D eigenvalue weighted by Gasteiger charge is 2.33. The van der Waals surface area contributed by atoms with Crippen LogP contribution in [0.15, 0.2) is 30.3 Å². The van der Waals surface area contributed by atoms with Gasteiger partial charge in [0.1, 0.15) is 17.3 Å². The Bertz CT molecular complexity index is 1200. The Morgan fingerprint density at radius 3 is 2.51 bits per heavy atom. The minimum Gasteiger partial charge on any atom is -0.378 e. The third kappa shape index (κ3) is 7.39. The number of amides is 1. The Balaban J connectivity index is 1.73. The number of benzene rings is 1. The molecule has 0 aliphatic carbocycles. The van der Waals surface area contributed by atoms with Gasteiger partial charge < -0.3 is 15.0 Å². The molecule has 1 aromatic carbocycles. The van der Waals surface area contributed by atoms with E-state index in [2.05, 4.69) is 15.0 Å². The maximum absolute atomic E-state index is 14.3. The zero-order chi connectivity index (χ0) is 25.8. The molecule has 0 radical (unpaired) electrons. The summed E-state index contributed by atoms with van der Waals surface area (Å²) in [5.41, 5.74) is -0.153. The summed E-state index contributed by atoms with van der Waals surface area (Å²) in [6, 6.07) is 4.72. The molecule has 1 fully saturated rings. The van der Waals surface area contributed by atoms with E-state index in [0.717, 1.165) is 24.5 Å². The van der Waals surface area contributed by atoms with Gasteiger partial charge in [-0.2, -0.15) is 13.2 Å². The van der Waals surface area contributed by atoms with Gasteiger partial charge in [0.2, 0.25) is 15.9 Å². The van der Waals surface area contributed by atoms with Crippen molar-refractivity contribution in [2.24, 2.45) is 0 Å². The highest BCUT2D eigenvalue weighted by atomic mass is 32.2. The number of nitrogens with one attached hydrogen (secondary N) is 2. The Morgan fingerprint density at radius 2 is 1.91 bits per heavy atom. The molecule has 8 nitrogen and oxygen atoms in total. The first-order chi connectivity index (χ1) is 16.3. The normalized spacial score (nSPS) is 14.9. The van der Waals surface area contributed by atoms with Crippen LogP contribution in [0.1, 0.15) is 22.4 Å². The average molecular weight is 517 g/mol. The van der Waals surface area contributed by atoms with Crippen molar-refractivity contribution in [3.05, 3.63) is 58.5 Å². The summed E-state index contributed by atoms with van der Waals surface area (Å²) in [4.78, 5) is 17.7. The molecule has 0 saturated carbocycles. The number of sulfonamides is 1. The van der Waals surface area contributed by atoms with Gasteiger partial charge in [0, 0.05) is 31.3 Å². The molecule has 2 aromatic rings. The molecule has 1 saturated heterocycles. The summed E-state index contributed by atoms with van der Waals surface area (Å²) >= 11 is 0. The predicted octanol–water partition coefficient (Wildman–Crippen LogP) is 3.09. The van der Waals surface area contributed by atoms with Crippen LogP contribution in [0.25, 0.3) is 6.08 Å². The maximum Gasteiger partial charge on any atom is 0.433 e. The van der Waals surface area contributed by atoms with E-state index in [0.29, 0.717) is 43.0 Å². The van der Waals surface area contributed by atoms with E-state index in [1.54, 1.807) is 4.90 Å². The van der Waals surface area contributed by atoms with Crippen LogP contribution in [0.5, 0.6) is 0 Å². The smallest absolute Gasteiger partial charge is 0.378 e. The zero-order valence-electron chi connectivity index (χ0n) is 18.9. The molecule has 1 aromatic heterocycles. The number of aryl methyl sites for hydroxylation is 1. The third-order valence-electron chi connectivity index (χ3n) is 5.02. The van der Waals surface area contributed by atoms with Crippen LogP contribution in [-0.2, 0) is 32.3 Å². The Labute approximate surface area is 200 Å². The summed E-state index contributed by atoms with van der Waals surface area (Å²) in [6.07, 6.45) is -1.20. The first-order valence-corrected chi connectivity index (χ1v) is 12.4. The average Bonchev–Trinajstić information content (AvgIpc) is 2.78. The number of hydrogen-bond acceptors (Lipinski definition) is 6. The van der Waals surface area contributed by atoms with Crippen LogP contribution in [-0.4, -0.2) is 51.9 Å². The molecule has 2 N–H and O–H groups in total. The van der Waals surface area contributed by atoms with Crippen LogP contribution < -0.4 is 14.9 Å². The second-order valence-corrected chi connectivity index (χ2v) is 9.65. The van der Waals surface area contributed by atoms with Crippen LogP contribution >= 0.6 is 0 Å². The van der Waals surface area contributed by atoms with E-state index >= 15 is 0 Å². The second-order valence-electron chi connectivity index (χ2n) is 7.90. The summed E-state index contributed by atoms with van der Waals surface area (Å²) in [5, 5.41) is 2.56. The SMILES string of the molecule is Cc1cc(CNC(=O)C=Cc2ccc(C(F)(F)F)nc2N2CCOCC2)cc(F)c1NS(C)(=O)=O. The van der Waals surface area contributed by atoms with E-state index < -0.39 is 33.6 Å². The predicted molar refractivity (Wildman–Crippen MR) is 123 cm³/mol. The molecule has 0 unspecified atom stereocenters. The van der Waals surface area contributed by atoms with Gasteiger partial charge >= 0.3 is 6.18 Å². The number of ether oxygens (including phenoxy) is 1. The molecule has 0 spiro atoms. The zero-order valence-corrected chi connectivity index (χ0v) is 19.8. The number of carbonyl (C=O) groups is 1. The van der Waals surface area contributed by atoms with Gasteiger partial charge in [-0.3, -0.25) is 9.52 Å². The van der Waals surface area contributed by atoms with Crippen molar-refractivity contribution in [3.63, 3.8) is 0 Å². The number of alkyl halides is 3. The van der Waals surface area contributed by atoms with Gasteiger partial charge in [-0.25, -0.2) is 17.8 Å². The molecular formula is C22H24F4N4O4S. The number of carbonyl (C=O) groups excluding carboxylic acids is 1. The Morgan fingerprint density at radius 1 is 1.23 bits per heavy atom. The van der Waals surface area contributed by atoms with Gasteiger partial charge in [0.15, 0.2) is 0 Å². The van der Waals surface area contributed by atoms with Crippen LogP contribution in [0.2, 0.25) is 0 Å². The number of morpholine rings is 1. The monoisotopic (exact) mass is 516 g/mol. The van der Waals surface area contributed by atoms with E-state index in [1.165, 1.54) is 25.1 Å². The van der Waals surface area contributed by atoms with E-state index in [4.69, 9.17) is 4.74 Å². The molecule has 1 aliphatic heterocycles. The number of aromatic nitrogens is 1. The van der Waals surface area contributed by atoms with Crippen molar-refractivity contribution in [2.75, 3.05) is 42.2 Å². The largest absolute Gasteiger partial charge is 0.433 e. The summed E-state index contributed by atoms with van der Waals surface area (Å²) in [7, 11) is -3.66. The standard InChI is InChI=1S/C22H24F4N4O4S/c1-14-11-15(12-17(23)20(14)29-35(2,32)33)13-27-19(31)6-4-16-3-5-18(22(24,25)26)28-21(16)30-7-9-34-10-8-30/h3-6,11-12,29H,7-10,13H2,1-2H3,(H,27,31). The molecule has 1 amide bonds. The maximum atomic E-state index is 14.3. The molecule has 0 bridgehead atoms. The summed E-state index contributed by atoms with van der Waals surface area (Å²) in [6.45, 7) is 2.87. The molecule has 1 aliphatic rings. The minimum absolute atomic E-state index is 0.0539. The lowest BCUT2D eigenvalue weighted by molar-refractivity contribution is -0.141. The van der Waals surface area contributed by atoms with E-state index in [1.807, 2.05) is 0 Å². The third-order valence-corrected chi connectivity index (χ3v) is 5.60. The lowest BCUT2D eigenvalue weighted by Gasteiger charge is -2.29. The second kappa shape index (κ2) is 10.6. The lowest BCUT2D eigenvalue weighted by Crippen LogP contribution is -2.37. The number of nitrogens with zero attached hydrogens (tertiary/aromatic N) is 2. The fourth-order valence-corrected chi connectivity index (χ4v) is 4.05. The Hall–Kier alpha value is -3.19. The van der Waals surface area contributed by atoms with Gasteiger partial charge in [-0.1, -0.05) is 6.07 Å². The number of hydrogen-bond donors (Lipinski definition) is 2.